The Morgan fingerprint density at radius 3 is 2.23 bits per heavy atom. The van der Waals surface area contributed by atoms with E-state index >= 15 is 0 Å². The molecule has 5 aliphatic rings. The van der Waals surface area contributed by atoms with Crippen LogP contribution in [-0.4, -0.2) is 47.3 Å². The predicted octanol–water partition coefficient (Wildman–Crippen LogP) is 8.44. The van der Waals surface area contributed by atoms with Gasteiger partial charge in [0.2, 0.25) is 0 Å². The first-order valence-electron chi connectivity index (χ1n) is 18.5. The summed E-state index contributed by atoms with van der Waals surface area (Å²) in [6.07, 6.45) is 13.8. The molecule has 4 saturated carbocycles. The standard InChI is InChI=1S/C41H60N2O4/c1-26(2)29-14-20-41(43-25-24-42-23-17-34(44)45)22-21-39(6)31(35(29)41)12-13-33-38(5)18-15-30(27-8-10-28(11-9-27)36(46)47)37(3,4)32(38)16-19-40(33,39)7/h8-11,15,29,31-33,35,42-43H,1,12-14,16-25H2,2-7H3,(H,44,45)(H,46,47). The van der Waals surface area contributed by atoms with Crippen LogP contribution in [0.4, 0.5) is 0 Å². The van der Waals surface area contributed by atoms with Gasteiger partial charge >= 0.3 is 11.9 Å². The van der Waals surface area contributed by atoms with Crippen molar-refractivity contribution in [3.05, 3.63) is 53.6 Å². The number of hydrogen-bond acceptors (Lipinski definition) is 4. The lowest BCUT2D eigenvalue weighted by Gasteiger charge is -2.72. The average molecular weight is 645 g/mol. The second-order valence-electron chi connectivity index (χ2n) is 17.6. The van der Waals surface area contributed by atoms with E-state index in [2.05, 4.69) is 64.8 Å². The Bertz CT molecular complexity index is 1430. The van der Waals surface area contributed by atoms with Crippen molar-refractivity contribution in [2.75, 3.05) is 19.6 Å². The summed E-state index contributed by atoms with van der Waals surface area (Å²) in [5.41, 5.74) is 5.21. The van der Waals surface area contributed by atoms with E-state index in [1.54, 1.807) is 12.1 Å². The second-order valence-corrected chi connectivity index (χ2v) is 17.6. The first-order chi connectivity index (χ1) is 22.1. The van der Waals surface area contributed by atoms with Crippen molar-refractivity contribution in [2.24, 2.45) is 51.2 Å². The molecular formula is C41H60N2O4. The van der Waals surface area contributed by atoms with E-state index in [0.29, 0.717) is 41.7 Å². The Hall–Kier alpha value is -2.44. The summed E-state index contributed by atoms with van der Waals surface area (Å²) in [4.78, 5) is 22.5. The van der Waals surface area contributed by atoms with E-state index < -0.39 is 11.9 Å². The van der Waals surface area contributed by atoms with Crippen molar-refractivity contribution < 1.29 is 19.8 Å². The number of aromatic carboxylic acids is 1. The summed E-state index contributed by atoms with van der Waals surface area (Å²) in [7, 11) is 0. The normalized spacial score (nSPS) is 40.3. The molecule has 1 aromatic carbocycles. The van der Waals surface area contributed by atoms with Crippen LogP contribution in [0, 0.1) is 51.2 Å². The second kappa shape index (κ2) is 12.2. The predicted molar refractivity (Wildman–Crippen MR) is 189 cm³/mol. The lowest BCUT2D eigenvalue weighted by atomic mass is 9.33. The molecule has 9 atom stereocenters. The SMILES string of the molecule is C=C(C)C1CCC2(NCCNCCC(=O)O)CCC3(C)C(CCC4C5(C)CC=C(c6ccc(C(=O)O)cc6)C(C)(C)C5CCC43C)C12. The Morgan fingerprint density at radius 1 is 0.851 bits per heavy atom. The molecule has 0 aliphatic heterocycles. The van der Waals surface area contributed by atoms with Gasteiger partial charge in [0.15, 0.2) is 0 Å². The van der Waals surface area contributed by atoms with E-state index in [-0.39, 0.29) is 33.6 Å². The molecule has 6 rings (SSSR count). The van der Waals surface area contributed by atoms with E-state index in [4.69, 9.17) is 5.11 Å². The van der Waals surface area contributed by atoms with Gasteiger partial charge in [0, 0.05) is 25.2 Å². The summed E-state index contributed by atoms with van der Waals surface area (Å²) >= 11 is 0. The summed E-state index contributed by atoms with van der Waals surface area (Å²) in [6.45, 7) is 21.9. The molecule has 0 bridgehead atoms. The van der Waals surface area contributed by atoms with E-state index in [0.717, 1.165) is 19.5 Å². The lowest BCUT2D eigenvalue weighted by molar-refractivity contribution is -0.219. The fraction of sp³-hybridized carbons (Fsp3) is 0.707. The maximum atomic E-state index is 11.5. The van der Waals surface area contributed by atoms with Crippen LogP contribution in [-0.2, 0) is 4.79 Å². The van der Waals surface area contributed by atoms with Gasteiger partial charge < -0.3 is 20.8 Å². The molecule has 1 aromatic rings. The van der Waals surface area contributed by atoms with Crippen LogP contribution >= 0.6 is 0 Å². The Kier molecular flexibility index (Phi) is 8.90. The molecule has 0 amide bonds. The summed E-state index contributed by atoms with van der Waals surface area (Å²) in [5.74, 6) is 1.47. The molecule has 6 heteroatoms. The maximum Gasteiger partial charge on any atom is 0.335 e. The van der Waals surface area contributed by atoms with Crippen molar-refractivity contribution in [1.82, 2.24) is 10.6 Å². The van der Waals surface area contributed by atoms with Crippen molar-refractivity contribution in [3.63, 3.8) is 0 Å². The Morgan fingerprint density at radius 2 is 1.57 bits per heavy atom. The van der Waals surface area contributed by atoms with Crippen LogP contribution in [0.5, 0.6) is 0 Å². The van der Waals surface area contributed by atoms with Crippen molar-refractivity contribution >= 4 is 17.5 Å². The van der Waals surface area contributed by atoms with Crippen LogP contribution in [0.2, 0.25) is 0 Å². The number of hydrogen-bond donors (Lipinski definition) is 4. The minimum absolute atomic E-state index is 0.0114. The smallest absolute Gasteiger partial charge is 0.335 e. The lowest BCUT2D eigenvalue weighted by Crippen LogP contribution is -2.68. The molecule has 0 aromatic heterocycles. The van der Waals surface area contributed by atoms with Gasteiger partial charge in [-0.15, -0.1) is 0 Å². The molecule has 0 saturated heterocycles. The third-order valence-electron chi connectivity index (χ3n) is 15.4. The van der Waals surface area contributed by atoms with Crippen molar-refractivity contribution in [3.8, 4) is 0 Å². The van der Waals surface area contributed by atoms with Gasteiger partial charge in [-0.25, -0.2) is 4.79 Å². The van der Waals surface area contributed by atoms with E-state index in [9.17, 15) is 14.7 Å². The highest BCUT2D eigenvalue weighted by atomic mass is 16.4. The van der Waals surface area contributed by atoms with E-state index in [1.165, 1.54) is 68.1 Å². The highest BCUT2D eigenvalue weighted by Crippen LogP contribution is 2.76. The molecule has 4 N–H and O–H groups in total. The van der Waals surface area contributed by atoms with Crippen molar-refractivity contribution in [1.29, 1.82) is 0 Å². The van der Waals surface area contributed by atoms with Crippen LogP contribution in [0.15, 0.2) is 42.5 Å². The summed E-state index contributed by atoms with van der Waals surface area (Å²) < 4.78 is 0. The Labute approximate surface area is 283 Å². The summed E-state index contributed by atoms with van der Waals surface area (Å²) in [6, 6.07) is 7.56. The first-order valence-corrected chi connectivity index (χ1v) is 18.5. The zero-order valence-corrected chi connectivity index (χ0v) is 29.9. The number of aliphatic carboxylic acids is 1. The fourth-order valence-corrected chi connectivity index (χ4v) is 13.1. The van der Waals surface area contributed by atoms with Gasteiger partial charge in [0.1, 0.15) is 0 Å². The van der Waals surface area contributed by atoms with Gasteiger partial charge in [-0.05, 0) is 139 Å². The van der Waals surface area contributed by atoms with Gasteiger partial charge in [-0.2, -0.15) is 0 Å². The molecule has 47 heavy (non-hydrogen) atoms. The zero-order valence-electron chi connectivity index (χ0n) is 29.9. The molecule has 6 nitrogen and oxygen atoms in total. The number of fused-ring (bicyclic) bond motifs is 7. The zero-order chi connectivity index (χ0) is 34.0. The molecule has 0 spiro atoms. The van der Waals surface area contributed by atoms with Gasteiger partial charge in [-0.1, -0.05) is 65.0 Å². The number of benzene rings is 1. The first kappa shape index (κ1) is 34.4. The van der Waals surface area contributed by atoms with Crippen LogP contribution in [0.1, 0.15) is 122 Å². The highest BCUT2D eigenvalue weighted by molar-refractivity contribution is 5.88. The van der Waals surface area contributed by atoms with Gasteiger partial charge in [0.25, 0.3) is 0 Å². The average Bonchev–Trinajstić information content (AvgIpc) is 3.39. The van der Waals surface area contributed by atoms with Gasteiger partial charge in [0.05, 0.1) is 12.0 Å². The van der Waals surface area contributed by atoms with Crippen LogP contribution in [0.3, 0.4) is 0 Å². The third-order valence-corrected chi connectivity index (χ3v) is 15.4. The molecule has 5 aliphatic carbocycles. The molecule has 4 fully saturated rings. The molecular weight excluding hydrogens is 584 g/mol. The number of carbonyl (C=O) groups is 2. The maximum absolute atomic E-state index is 11.5. The van der Waals surface area contributed by atoms with E-state index in [1.807, 2.05) is 12.1 Å². The monoisotopic (exact) mass is 644 g/mol. The third kappa shape index (κ3) is 5.35. The number of nitrogens with one attached hydrogen (secondary N) is 2. The molecule has 258 valence electrons. The minimum Gasteiger partial charge on any atom is -0.481 e. The fourth-order valence-electron chi connectivity index (χ4n) is 13.1. The van der Waals surface area contributed by atoms with Gasteiger partial charge in [-0.3, -0.25) is 4.79 Å². The number of allylic oxidation sites excluding steroid dienone is 3. The molecule has 0 heterocycles. The minimum atomic E-state index is -0.871. The summed E-state index contributed by atoms with van der Waals surface area (Å²) in [5, 5.41) is 25.9. The molecule has 9 unspecified atom stereocenters. The quantitative estimate of drug-likeness (QED) is 0.151. The number of carboxylic acids is 2. The topological polar surface area (TPSA) is 98.7 Å². The highest BCUT2D eigenvalue weighted by Gasteiger charge is 2.70. The van der Waals surface area contributed by atoms with Crippen molar-refractivity contribution in [2.45, 2.75) is 111 Å². The molecule has 0 radical (unpaired) electrons. The number of rotatable bonds is 10. The number of carboxylic acid groups (broad SMARTS) is 2. The largest absolute Gasteiger partial charge is 0.481 e. The van der Waals surface area contributed by atoms with Crippen LogP contribution < -0.4 is 10.6 Å². The Balaban J connectivity index is 1.27. The van der Waals surface area contributed by atoms with Crippen LogP contribution in [0.25, 0.3) is 5.57 Å².